The van der Waals surface area contributed by atoms with Crippen LogP contribution >= 0.6 is 51.2 Å². The van der Waals surface area contributed by atoms with Crippen LogP contribution in [-0.2, 0) is 67.4 Å². The van der Waals surface area contributed by atoms with Crippen molar-refractivity contribution in [2.75, 3.05) is 18.1 Å². The van der Waals surface area contributed by atoms with Gasteiger partial charge in [0.15, 0.2) is 0 Å². The third-order valence-electron chi connectivity index (χ3n) is 6.57. The second kappa shape index (κ2) is 26.2. The van der Waals surface area contributed by atoms with Crippen LogP contribution in [0.1, 0.15) is 129 Å². The molecule has 0 aromatic heterocycles. The molecule has 0 aliphatic rings. The molecule has 0 bridgehead atoms. The summed E-state index contributed by atoms with van der Waals surface area (Å²) in [6.07, 6.45) is 2.99. The molecule has 0 fully saturated rings. The summed E-state index contributed by atoms with van der Waals surface area (Å²) in [7, 11) is 0. The summed E-state index contributed by atoms with van der Waals surface area (Å²) in [4.78, 5) is 11.4. The Morgan fingerprint density at radius 2 is 0.920 bits per heavy atom. The second-order valence-electron chi connectivity index (χ2n) is 14.9. The minimum atomic E-state index is -2.97. The van der Waals surface area contributed by atoms with Gasteiger partial charge in [-0.05, 0) is 119 Å². The van der Waals surface area contributed by atoms with E-state index in [2.05, 4.69) is 83.1 Å². The smallest absolute Gasteiger partial charge is 0.304 e. The van der Waals surface area contributed by atoms with Crippen LogP contribution in [0.5, 0.6) is 0 Å². The first-order valence-corrected chi connectivity index (χ1v) is 30.5. The van der Waals surface area contributed by atoms with Gasteiger partial charge in [0.1, 0.15) is 0 Å². The molecule has 0 aromatic carbocycles. The summed E-state index contributed by atoms with van der Waals surface area (Å²) in [6, 6.07) is 0. The summed E-state index contributed by atoms with van der Waals surface area (Å²) in [5, 5.41) is 9.22. The average molecular weight is 879 g/mol. The Labute approximate surface area is 334 Å². The first-order valence-electron chi connectivity index (χ1n) is 17.9. The largest absolute Gasteiger partial charge is 0.481 e. The molecule has 0 spiro atoms. The van der Waals surface area contributed by atoms with E-state index in [1.165, 1.54) is 34.1 Å². The van der Waals surface area contributed by atoms with E-state index < -0.39 is 23.0 Å². The van der Waals surface area contributed by atoms with E-state index in [-0.39, 0.29) is 54.6 Å². The lowest BCUT2D eigenvalue weighted by Gasteiger charge is -2.32. The van der Waals surface area contributed by atoms with Crippen LogP contribution in [0.4, 0.5) is 0 Å². The Morgan fingerprint density at radius 1 is 0.560 bits per heavy atom. The maximum Gasteiger partial charge on any atom is 0.304 e. The summed E-state index contributed by atoms with van der Waals surface area (Å²) < 4.78 is 38.7. The monoisotopic (exact) mass is 878 g/mol. The fraction of sp³-hybridized carbons (Fsp3) is 0.970. The van der Waals surface area contributed by atoms with Gasteiger partial charge in [-0.3, -0.25) is 4.79 Å². The third-order valence-corrected chi connectivity index (χ3v) is 23.1. The van der Waals surface area contributed by atoms with Crippen LogP contribution in [0.15, 0.2) is 0 Å². The van der Waals surface area contributed by atoms with Crippen LogP contribution in [-0.4, -0.2) is 65.0 Å². The molecule has 7 unspecified atom stereocenters. The molecule has 0 amide bonds. The normalized spacial score (nSPS) is 19.9. The summed E-state index contributed by atoms with van der Waals surface area (Å²) >= 11 is 22.5. The van der Waals surface area contributed by atoms with E-state index in [1.807, 2.05) is 13.8 Å². The number of carboxylic acid groups (broad SMARTS) is 1. The molecule has 0 saturated heterocycles. The lowest BCUT2D eigenvalue weighted by molar-refractivity contribution is -0.136. The van der Waals surface area contributed by atoms with Gasteiger partial charge in [0.25, 0.3) is 0 Å². The molecule has 0 radical (unpaired) electrons. The minimum Gasteiger partial charge on any atom is -0.481 e. The number of hydrogen-bond acceptors (Lipinski definition) is 13. The van der Waals surface area contributed by atoms with E-state index in [4.69, 9.17) is 62.6 Å². The molecular formula is C33H69O8P3S6. The molecule has 8 nitrogen and oxygen atoms in total. The van der Waals surface area contributed by atoms with E-state index in [0.717, 1.165) is 25.7 Å². The van der Waals surface area contributed by atoms with Crippen molar-refractivity contribution in [3.63, 3.8) is 0 Å². The summed E-state index contributed by atoms with van der Waals surface area (Å²) in [6.45, 7) is 29.8. The first kappa shape index (κ1) is 52.2. The average Bonchev–Trinajstić information content (AvgIpc) is 2.88. The van der Waals surface area contributed by atoms with E-state index in [0.29, 0.717) is 29.4 Å². The van der Waals surface area contributed by atoms with E-state index in [9.17, 15) is 9.90 Å². The Hall–Kier alpha value is 2.23. The molecule has 0 saturated carbocycles. The van der Waals surface area contributed by atoms with Crippen LogP contribution < -0.4 is 0 Å². The molecule has 0 heterocycles. The molecule has 0 aliphatic heterocycles. The van der Waals surface area contributed by atoms with Crippen molar-refractivity contribution < 1.29 is 37.0 Å². The van der Waals surface area contributed by atoms with Gasteiger partial charge in [-0.2, -0.15) is 0 Å². The van der Waals surface area contributed by atoms with Gasteiger partial charge in [-0.25, -0.2) is 0 Å². The quantitative estimate of drug-likeness (QED) is 0.0694. The van der Waals surface area contributed by atoms with E-state index in [1.54, 1.807) is 0 Å². The van der Waals surface area contributed by atoms with Crippen LogP contribution in [0.25, 0.3) is 0 Å². The van der Waals surface area contributed by atoms with Gasteiger partial charge in [0.2, 0.25) is 17.1 Å². The molecule has 1 N–H and O–H groups in total. The topological polar surface area (TPSA) is 92.7 Å². The van der Waals surface area contributed by atoms with Crippen molar-refractivity contribution in [3.05, 3.63) is 0 Å². The SMILES string of the molecule is CC(C)CC(C)OP(=S)(OC(C)CC(C)C)SCC(C)OP(=S)(OCC(C)SP(=S)(OC(C)CC(C)C)OC(C)CC(C)C)SCCC(=O)O. The number of carboxylic acids is 1. The molecule has 17 heteroatoms. The second-order valence-corrected chi connectivity index (χ2v) is 34.1. The summed E-state index contributed by atoms with van der Waals surface area (Å²) in [5.74, 6) is 1.76. The van der Waals surface area contributed by atoms with Crippen molar-refractivity contribution in [1.82, 2.24) is 0 Å². The van der Waals surface area contributed by atoms with E-state index >= 15 is 0 Å². The molecule has 50 heavy (non-hydrogen) atoms. The van der Waals surface area contributed by atoms with Crippen LogP contribution in [0.3, 0.4) is 0 Å². The predicted octanol–water partition coefficient (Wildman–Crippen LogP) is 12.9. The molecular weight excluding hydrogens is 810 g/mol. The van der Waals surface area contributed by atoms with Gasteiger partial charge in [-0.15, -0.1) is 0 Å². The molecule has 0 aromatic rings. The number of aliphatic carboxylic acids is 1. The summed E-state index contributed by atoms with van der Waals surface area (Å²) in [5.41, 5.74) is -8.41. The molecule has 300 valence electrons. The fourth-order valence-corrected chi connectivity index (χ4v) is 22.4. The predicted molar refractivity (Wildman–Crippen MR) is 234 cm³/mol. The fourth-order valence-electron chi connectivity index (χ4n) is 5.11. The lowest BCUT2D eigenvalue weighted by Crippen LogP contribution is -2.17. The lowest BCUT2D eigenvalue weighted by atomic mass is 10.1. The van der Waals surface area contributed by atoms with Gasteiger partial charge >= 0.3 is 5.97 Å². The highest BCUT2D eigenvalue weighted by molar-refractivity contribution is 8.69. The maximum atomic E-state index is 11.4. The maximum absolute atomic E-state index is 11.4. The Morgan fingerprint density at radius 3 is 1.28 bits per heavy atom. The number of carbonyl (C=O) groups is 1. The van der Waals surface area contributed by atoms with Gasteiger partial charge in [0.05, 0.1) is 43.5 Å². The van der Waals surface area contributed by atoms with Gasteiger partial charge in [-0.1, -0.05) is 96.5 Å². The Bertz CT molecular complexity index is 1060. The molecule has 0 rings (SSSR count). The number of rotatable bonds is 30. The van der Waals surface area contributed by atoms with Crippen molar-refractivity contribution >= 4 is 92.6 Å². The Balaban J connectivity index is 5.86. The zero-order valence-corrected chi connectivity index (χ0v) is 40.6. The van der Waals surface area contributed by atoms with Crippen molar-refractivity contribution in [2.45, 2.75) is 165 Å². The standard InChI is InChI=1S/C33H69O8P3S6/c1-23(2)17-27(9)37-43(46,38-28(10)18-24(3)4)49-22-31(13)41-42(45,48-16-15-33(34)35)36-21-32(14)50-44(47,39-29(11)19-25(5)6)40-30(12)20-26(7)8/h23-32H,15-22H2,1-14H3,(H,34,35). The van der Waals surface area contributed by atoms with Crippen LogP contribution in [0, 0.1) is 23.7 Å². The number of hydrogen-bond donors (Lipinski definition) is 1. The molecule has 7 atom stereocenters. The molecule has 0 aliphatic carbocycles. The highest BCUT2D eigenvalue weighted by Gasteiger charge is 2.33. The zero-order chi connectivity index (χ0) is 38.9. The Kier molecular flexibility index (Phi) is 27.4. The van der Waals surface area contributed by atoms with Crippen molar-refractivity contribution in [1.29, 1.82) is 0 Å². The van der Waals surface area contributed by atoms with Crippen molar-refractivity contribution in [2.24, 2.45) is 23.7 Å². The highest BCUT2D eigenvalue weighted by atomic mass is 32.9. The van der Waals surface area contributed by atoms with Gasteiger partial charge in [0, 0.05) is 16.8 Å². The zero-order valence-electron chi connectivity index (χ0n) is 33.0. The first-order chi connectivity index (χ1) is 22.9. The highest BCUT2D eigenvalue weighted by Crippen LogP contribution is 2.67. The third kappa shape index (κ3) is 26.9. The van der Waals surface area contributed by atoms with Crippen molar-refractivity contribution in [3.8, 4) is 0 Å². The van der Waals surface area contributed by atoms with Crippen LogP contribution in [0.2, 0.25) is 0 Å². The minimum absolute atomic E-state index is 0.0377. The van der Waals surface area contributed by atoms with Gasteiger partial charge < -0.3 is 32.2 Å².